The first kappa shape index (κ1) is 13.8. The van der Waals surface area contributed by atoms with Crippen molar-refractivity contribution in [3.8, 4) is 5.75 Å². The molecular formula is C12H16F3NO. The van der Waals surface area contributed by atoms with Crippen molar-refractivity contribution < 1.29 is 17.9 Å². The van der Waals surface area contributed by atoms with E-state index in [1.165, 1.54) is 12.1 Å². The van der Waals surface area contributed by atoms with E-state index in [4.69, 9.17) is 4.74 Å². The van der Waals surface area contributed by atoms with E-state index in [1.807, 2.05) is 6.92 Å². The van der Waals surface area contributed by atoms with E-state index >= 15 is 0 Å². The molecule has 0 saturated carbocycles. The summed E-state index contributed by atoms with van der Waals surface area (Å²) < 4.78 is 42.4. The summed E-state index contributed by atoms with van der Waals surface area (Å²) in [6.45, 7) is 3.91. The quantitative estimate of drug-likeness (QED) is 0.780. The minimum absolute atomic E-state index is 0.248. The Morgan fingerprint density at radius 1 is 1.24 bits per heavy atom. The summed E-state index contributed by atoms with van der Waals surface area (Å²) in [5.74, 6) is 0.248. The highest BCUT2D eigenvalue weighted by molar-refractivity contribution is 5.30. The standard InChI is InChI=1S/C12H16F3NO/c1-2-6-16-7-8-17-11-5-3-4-10(9-11)12(13,14)15/h3-5,9,16H,2,6-8H2,1H3. The van der Waals surface area contributed by atoms with Gasteiger partial charge in [-0.05, 0) is 31.2 Å². The summed E-state index contributed by atoms with van der Waals surface area (Å²) in [7, 11) is 0. The Hall–Kier alpha value is -1.23. The van der Waals surface area contributed by atoms with E-state index < -0.39 is 11.7 Å². The Labute approximate surface area is 98.8 Å². The Morgan fingerprint density at radius 2 is 2.00 bits per heavy atom. The first-order valence-corrected chi connectivity index (χ1v) is 5.55. The van der Waals surface area contributed by atoms with Gasteiger partial charge in [-0.15, -0.1) is 0 Å². The third-order valence-corrected chi connectivity index (χ3v) is 2.14. The van der Waals surface area contributed by atoms with Crippen LogP contribution in [-0.4, -0.2) is 19.7 Å². The minimum atomic E-state index is -4.32. The topological polar surface area (TPSA) is 21.3 Å². The lowest BCUT2D eigenvalue weighted by Gasteiger charge is -2.10. The van der Waals surface area contributed by atoms with E-state index in [1.54, 1.807) is 0 Å². The molecule has 17 heavy (non-hydrogen) atoms. The van der Waals surface area contributed by atoms with Crippen molar-refractivity contribution in [2.75, 3.05) is 19.7 Å². The average Bonchev–Trinajstić information content (AvgIpc) is 2.28. The predicted molar refractivity (Wildman–Crippen MR) is 60.1 cm³/mol. The molecule has 1 aromatic carbocycles. The number of nitrogens with one attached hydrogen (secondary N) is 1. The maximum absolute atomic E-state index is 12.4. The van der Waals surface area contributed by atoms with Crippen LogP contribution in [0.4, 0.5) is 13.2 Å². The van der Waals surface area contributed by atoms with Crippen molar-refractivity contribution >= 4 is 0 Å². The van der Waals surface area contributed by atoms with Crippen molar-refractivity contribution in [1.82, 2.24) is 5.32 Å². The van der Waals surface area contributed by atoms with Crippen LogP contribution >= 0.6 is 0 Å². The molecular weight excluding hydrogens is 231 g/mol. The highest BCUT2D eigenvalue weighted by Gasteiger charge is 2.30. The molecule has 1 rings (SSSR count). The summed E-state index contributed by atoms with van der Waals surface area (Å²) >= 11 is 0. The molecule has 2 nitrogen and oxygen atoms in total. The van der Waals surface area contributed by atoms with Crippen molar-refractivity contribution in [3.63, 3.8) is 0 Å². The average molecular weight is 247 g/mol. The van der Waals surface area contributed by atoms with Gasteiger partial charge in [0, 0.05) is 6.54 Å². The van der Waals surface area contributed by atoms with Crippen LogP contribution in [0.5, 0.6) is 5.75 Å². The molecule has 0 aromatic heterocycles. The number of rotatable bonds is 6. The van der Waals surface area contributed by atoms with Crippen LogP contribution in [0.15, 0.2) is 24.3 Å². The summed E-state index contributed by atoms with van der Waals surface area (Å²) in [4.78, 5) is 0. The van der Waals surface area contributed by atoms with Crippen LogP contribution in [0.2, 0.25) is 0 Å². The zero-order valence-electron chi connectivity index (χ0n) is 9.68. The predicted octanol–water partition coefficient (Wildman–Crippen LogP) is 3.08. The molecule has 0 atom stereocenters. The molecule has 0 aliphatic rings. The van der Waals surface area contributed by atoms with Gasteiger partial charge in [-0.2, -0.15) is 13.2 Å². The van der Waals surface area contributed by atoms with Crippen LogP contribution in [-0.2, 0) is 6.18 Å². The van der Waals surface area contributed by atoms with Crippen molar-refractivity contribution in [3.05, 3.63) is 29.8 Å². The monoisotopic (exact) mass is 247 g/mol. The van der Waals surface area contributed by atoms with Gasteiger partial charge >= 0.3 is 6.18 Å². The number of halogens is 3. The molecule has 5 heteroatoms. The number of ether oxygens (including phenoxy) is 1. The summed E-state index contributed by atoms with van der Waals surface area (Å²) in [5, 5.41) is 3.10. The maximum atomic E-state index is 12.4. The van der Waals surface area contributed by atoms with E-state index in [-0.39, 0.29) is 5.75 Å². The van der Waals surface area contributed by atoms with E-state index in [9.17, 15) is 13.2 Å². The number of hydrogen-bond acceptors (Lipinski definition) is 2. The molecule has 96 valence electrons. The van der Waals surface area contributed by atoms with Crippen molar-refractivity contribution in [2.24, 2.45) is 0 Å². The molecule has 0 heterocycles. The molecule has 0 radical (unpaired) electrons. The lowest BCUT2D eigenvalue weighted by molar-refractivity contribution is -0.137. The fourth-order valence-corrected chi connectivity index (χ4v) is 1.31. The molecule has 0 unspecified atom stereocenters. The number of hydrogen-bond donors (Lipinski definition) is 1. The van der Waals surface area contributed by atoms with Crippen molar-refractivity contribution in [1.29, 1.82) is 0 Å². The van der Waals surface area contributed by atoms with Crippen LogP contribution < -0.4 is 10.1 Å². The molecule has 1 N–H and O–H groups in total. The molecule has 0 spiro atoms. The van der Waals surface area contributed by atoms with Gasteiger partial charge in [-0.25, -0.2) is 0 Å². The van der Waals surface area contributed by atoms with Gasteiger partial charge in [0.05, 0.1) is 5.56 Å². The first-order valence-electron chi connectivity index (χ1n) is 5.55. The van der Waals surface area contributed by atoms with Crippen LogP contribution in [0, 0.1) is 0 Å². The van der Waals surface area contributed by atoms with E-state index in [0.29, 0.717) is 13.2 Å². The second kappa shape index (κ2) is 6.49. The molecule has 1 aromatic rings. The Balaban J connectivity index is 2.44. The highest BCUT2D eigenvalue weighted by Crippen LogP contribution is 2.31. The van der Waals surface area contributed by atoms with Crippen molar-refractivity contribution in [2.45, 2.75) is 19.5 Å². The van der Waals surface area contributed by atoms with Crippen LogP contribution in [0.1, 0.15) is 18.9 Å². The molecule has 0 saturated heterocycles. The van der Waals surface area contributed by atoms with Gasteiger partial charge in [0.2, 0.25) is 0 Å². The summed E-state index contributed by atoms with van der Waals surface area (Å²) in [6.07, 6.45) is -3.30. The highest BCUT2D eigenvalue weighted by atomic mass is 19.4. The largest absolute Gasteiger partial charge is 0.492 e. The maximum Gasteiger partial charge on any atom is 0.416 e. The lowest BCUT2D eigenvalue weighted by atomic mass is 10.2. The Morgan fingerprint density at radius 3 is 2.65 bits per heavy atom. The Bertz CT molecular complexity index is 339. The van der Waals surface area contributed by atoms with Gasteiger partial charge in [0.1, 0.15) is 12.4 Å². The zero-order valence-corrected chi connectivity index (χ0v) is 9.68. The molecule has 0 aliphatic heterocycles. The molecule has 0 aliphatic carbocycles. The molecule has 0 amide bonds. The molecule has 0 bridgehead atoms. The van der Waals surface area contributed by atoms with E-state index in [0.717, 1.165) is 25.1 Å². The first-order chi connectivity index (χ1) is 8.04. The fraction of sp³-hybridized carbons (Fsp3) is 0.500. The van der Waals surface area contributed by atoms with Gasteiger partial charge in [0.15, 0.2) is 0 Å². The summed E-state index contributed by atoms with van der Waals surface area (Å²) in [5.41, 5.74) is -0.684. The number of alkyl halides is 3. The van der Waals surface area contributed by atoms with E-state index in [2.05, 4.69) is 5.32 Å². The van der Waals surface area contributed by atoms with Crippen LogP contribution in [0.25, 0.3) is 0 Å². The van der Waals surface area contributed by atoms with Crippen LogP contribution in [0.3, 0.4) is 0 Å². The zero-order chi connectivity index (χ0) is 12.7. The normalized spacial score (nSPS) is 11.5. The van der Waals surface area contributed by atoms with Gasteiger partial charge < -0.3 is 10.1 Å². The third-order valence-electron chi connectivity index (χ3n) is 2.14. The second-order valence-electron chi connectivity index (χ2n) is 3.62. The van der Waals surface area contributed by atoms with Gasteiger partial charge in [0.25, 0.3) is 0 Å². The van der Waals surface area contributed by atoms with Gasteiger partial charge in [-0.1, -0.05) is 13.0 Å². The summed E-state index contributed by atoms with van der Waals surface area (Å²) in [6, 6.07) is 4.91. The third kappa shape index (κ3) is 5.08. The molecule has 0 fully saturated rings. The Kier molecular flexibility index (Phi) is 5.28. The minimum Gasteiger partial charge on any atom is -0.492 e. The smallest absolute Gasteiger partial charge is 0.416 e. The van der Waals surface area contributed by atoms with Gasteiger partial charge in [-0.3, -0.25) is 0 Å². The number of benzene rings is 1. The lowest BCUT2D eigenvalue weighted by Crippen LogP contribution is -2.21. The SMILES string of the molecule is CCCNCCOc1cccc(C(F)(F)F)c1. The second-order valence-corrected chi connectivity index (χ2v) is 3.62. The fourth-order valence-electron chi connectivity index (χ4n) is 1.31.